The molecule has 3 unspecified atom stereocenters. The van der Waals surface area contributed by atoms with Crippen molar-refractivity contribution in [1.29, 1.82) is 0 Å². The highest BCUT2D eigenvalue weighted by atomic mass is 16.2. The first-order valence-corrected chi connectivity index (χ1v) is 6.00. The van der Waals surface area contributed by atoms with E-state index in [9.17, 15) is 4.79 Å². The van der Waals surface area contributed by atoms with Crippen LogP contribution >= 0.6 is 0 Å². The van der Waals surface area contributed by atoms with E-state index < -0.39 is 0 Å². The molecule has 0 heterocycles. The number of hydrogen-bond acceptors (Lipinski definition) is 2. The van der Waals surface area contributed by atoms with Gasteiger partial charge in [0.15, 0.2) is 0 Å². The molecule has 0 aliphatic heterocycles. The van der Waals surface area contributed by atoms with E-state index in [0.29, 0.717) is 6.04 Å². The molecule has 0 spiro atoms. The first kappa shape index (κ1) is 12.5. The Kier molecular flexibility index (Phi) is 4.58. The lowest BCUT2D eigenvalue weighted by molar-refractivity contribution is -0.134. The largest absolute Gasteiger partial charge is 0.341 e. The van der Waals surface area contributed by atoms with Crippen molar-refractivity contribution in [2.24, 2.45) is 5.92 Å². The molecule has 15 heavy (non-hydrogen) atoms. The van der Waals surface area contributed by atoms with Crippen LogP contribution in [0.3, 0.4) is 0 Å². The van der Waals surface area contributed by atoms with Crippen LogP contribution in [0, 0.1) is 5.92 Å². The zero-order chi connectivity index (χ0) is 11.4. The van der Waals surface area contributed by atoms with Gasteiger partial charge in [0.2, 0.25) is 5.91 Å². The molecule has 0 saturated heterocycles. The Morgan fingerprint density at radius 3 is 2.67 bits per heavy atom. The van der Waals surface area contributed by atoms with E-state index in [0.717, 1.165) is 5.92 Å². The van der Waals surface area contributed by atoms with E-state index in [2.05, 4.69) is 12.2 Å². The molecule has 0 radical (unpaired) electrons. The summed E-state index contributed by atoms with van der Waals surface area (Å²) in [5, 5.41) is 3.00. The third-order valence-electron chi connectivity index (χ3n) is 3.61. The third kappa shape index (κ3) is 3.20. The van der Waals surface area contributed by atoms with Gasteiger partial charge in [0.1, 0.15) is 0 Å². The molecule has 1 fully saturated rings. The molecule has 1 N–H and O–H groups in total. The maximum atomic E-state index is 11.9. The monoisotopic (exact) mass is 212 g/mol. The summed E-state index contributed by atoms with van der Waals surface area (Å²) >= 11 is 0. The smallest absolute Gasteiger partial charge is 0.239 e. The van der Waals surface area contributed by atoms with Crippen LogP contribution in [0.15, 0.2) is 0 Å². The molecule has 1 aliphatic carbocycles. The van der Waals surface area contributed by atoms with Crippen molar-refractivity contribution in [3.05, 3.63) is 0 Å². The molecule has 1 saturated carbocycles. The van der Waals surface area contributed by atoms with Crippen molar-refractivity contribution in [1.82, 2.24) is 10.2 Å². The molecular formula is C12H24N2O. The summed E-state index contributed by atoms with van der Waals surface area (Å²) in [6, 6.07) is 0.393. The van der Waals surface area contributed by atoms with Gasteiger partial charge in [0, 0.05) is 13.1 Å². The maximum absolute atomic E-state index is 11.9. The second kappa shape index (κ2) is 5.50. The van der Waals surface area contributed by atoms with Gasteiger partial charge in [-0.3, -0.25) is 4.79 Å². The lowest BCUT2D eigenvalue weighted by atomic mass is 9.86. The molecule has 3 nitrogen and oxygen atoms in total. The number of nitrogens with zero attached hydrogens (tertiary/aromatic N) is 1. The Hall–Kier alpha value is -0.570. The zero-order valence-electron chi connectivity index (χ0n) is 10.4. The van der Waals surface area contributed by atoms with Gasteiger partial charge in [-0.25, -0.2) is 0 Å². The summed E-state index contributed by atoms with van der Waals surface area (Å²) in [6.07, 6.45) is 4.92. The number of nitrogens with one attached hydrogen (secondary N) is 1. The molecule has 0 aromatic heterocycles. The Labute approximate surface area is 93.2 Å². The van der Waals surface area contributed by atoms with Gasteiger partial charge in [0.25, 0.3) is 0 Å². The minimum atomic E-state index is -0.0627. The van der Waals surface area contributed by atoms with Crippen LogP contribution in [0.25, 0.3) is 0 Å². The van der Waals surface area contributed by atoms with Gasteiger partial charge in [-0.15, -0.1) is 0 Å². The standard InChI is InChI=1S/C12H24N2O/c1-9-6-5-7-11(8-9)14(4)12(15)10(2)13-3/h9-11,13H,5-8H2,1-4H3. The molecule has 1 rings (SSSR count). The van der Waals surface area contributed by atoms with Crippen LogP contribution in [0.5, 0.6) is 0 Å². The van der Waals surface area contributed by atoms with Crippen LogP contribution in [-0.2, 0) is 4.79 Å². The molecule has 0 aromatic rings. The van der Waals surface area contributed by atoms with E-state index in [1.807, 2.05) is 25.9 Å². The van der Waals surface area contributed by atoms with E-state index in [1.165, 1.54) is 25.7 Å². The summed E-state index contributed by atoms with van der Waals surface area (Å²) in [4.78, 5) is 13.9. The van der Waals surface area contributed by atoms with Crippen molar-refractivity contribution in [2.45, 2.75) is 51.6 Å². The summed E-state index contributed by atoms with van der Waals surface area (Å²) in [5.74, 6) is 0.987. The van der Waals surface area contributed by atoms with E-state index in [4.69, 9.17) is 0 Å². The Morgan fingerprint density at radius 1 is 1.47 bits per heavy atom. The van der Waals surface area contributed by atoms with E-state index in [-0.39, 0.29) is 11.9 Å². The summed E-state index contributed by atoms with van der Waals surface area (Å²) in [7, 11) is 3.78. The summed E-state index contributed by atoms with van der Waals surface area (Å²) in [6.45, 7) is 4.21. The number of likely N-dealkylation sites (N-methyl/N-ethyl adjacent to an activating group) is 2. The SMILES string of the molecule is CNC(C)C(=O)N(C)C1CCCC(C)C1. The van der Waals surface area contributed by atoms with Gasteiger partial charge in [-0.2, -0.15) is 0 Å². The Balaban J connectivity index is 2.51. The number of carbonyl (C=O) groups is 1. The molecule has 1 amide bonds. The van der Waals surface area contributed by atoms with E-state index >= 15 is 0 Å². The Morgan fingerprint density at radius 2 is 2.13 bits per heavy atom. The van der Waals surface area contributed by atoms with Gasteiger partial charge >= 0.3 is 0 Å². The molecule has 3 atom stereocenters. The van der Waals surface area contributed by atoms with Crippen molar-refractivity contribution in [2.75, 3.05) is 14.1 Å². The molecular weight excluding hydrogens is 188 g/mol. The molecule has 3 heteroatoms. The number of carbonyl (C=O) groups excluding carboxylic acids is 1. The fourth-order valence-electron chi connectivity index (χ4n) is 2.36. The summed E-state index contributed by atoms with van der Waals surface area (Å²) < 4.78 is 0. The van der Waals surface area contributed by atoms with Crippen molar-refractivity contribution < 1.29 is 4.79 Å². The predicted octanol–water partition coefficient (Wildman–Crippen LogP) is 1.63. The van der Waals surface area contributed by atoms with Crippen LogP contribution in [0.2, 0.25) is 0 Å². The average molecular weight is 212 g/mol. The first-order valence-electron chi connectivity index (χ1n) is 6.00. The topological polar surface area (TPSA) is 32.3 Å². The second-order valence-corrected chi connectivity index (χ2v) is 4.89. The normalized spacial score (nSPS) is 28.5. The fraction of sp³-hybridized carbons (Fsp3) is 0.917. The minimum absolute atomic E-state index is 0.0627. The van der Waals surface area contributed by atoms with Crippen molar-refractivity contribution in [3.63, 3.8) is 0 Å². The zero-order valence-corrected chi connectivity index (χ0v) is 10.4. The first-order chi connectivity index (χ1) is 7.06. The highest BCUT2D eigenvalue weighted by Gasteiger charge is 2.27. The lowest BCUT2D eigenvalue weighted by Gasteiger charge is -2.35. The van der Waals surface area contributed by atoms with Crippen LogP contribution in [0.4, 0.5) is 0 Å². The Bertz CT molecular complexity index is 218. The van der Waals surface area contributed by atoms with Gasteiger partial charge in [0.05, 0.1) is 6.04 Å². The van der Waals surface area contributed by atoms with Crippen molar-refractivity contribution >= 4 is 5.91 Å². The molecule has 0 bridgehead atoms. The highest BCUT2D eigenvalue weighted by Crippen LogP contribution is 2.26. The molecule has 1 aliphatic rings. The number of amides is 1. The van der Waals surface area contributed by atoms with Crippen LogP contribution < -0.4 is 5.32 Å². The maximum Gasteiger partial charge on any atom is 0.239 e. The lowest BCUT2D eigenvalue weighted by Crippen LogP contribution is -2.47. The summed E-state index contributed by atoms with van der Waals surface area (Å²) in [5.41, 5.74) is 0. The second-order valence-electron chi connectivity index (χ2n) is 4.89. The number of hydrogen-bond donors (Lipinski definition) is 1. The van der Waals surface area contributed by atoms with Gasteiger partial charge < -0.3 is 10.2 Å². The van der Waals surface area contributed by atoms with Crippen molar-refractivity contribution in [3.8, 4) is 0 Å². The highest BCUT2D eigenvalue weighted by molar-refractivity contribution is 5.81. The van der Waals surface area contributed by atoms with Gasteiger partial charge in [-0.05, 0) is 32.7 Å². The molecule has 0 aromatic carbocycles. The van der Waals surface area contributed by atoms with Gasteiger partial charge in [-0.1, -0.05) is 19.8 Å². The third-order valence-corrected chi connectivity index (χ3v) is 3.61. The number of rotatable bonds is 3. The fourth-order valence-corrected chi connectivity index (χ4v) is 2.36. The average Bonchev–Trinajstić information content (AvgIpc) is 2.26. The van der Waals surface area contributed by atoms with Crippen LogP contribution in [-0.4, -0.2) is 37.0 Å². The van der Waals surface area contributed by atoms with Crippen LogP contribution in [0.1, 0.15) is 39.5 Å². The molecule has 88 valence electrons. The minimum Gasteiger partial charge on any atom is -0.341 e. The predicted molar refractivity (Wildman–Crippen MR) is 62.7 cm³/mol. The van der Waals surface area contributed by atoms with E-state index in [1.54, 1.807) is 0 Å². The quantitative estimate of drug-likeness (QED) is 0.771.